The standard InChI is InChI=1S/C14H14N4O2S/c1-9(13-15-5-7-21-13)8-16-12-11(14(19)20)18-6-3-2-4-10(18)17-12/h2-7,9,16H,8H2,1H3,(H,19,20). The third-order valence-electron chi connectivity index (χ3n) is 3.18. The predicted octanol–water partition coefficient (Wildman–Crippen LogP) is 2.70. The summed E-state index contributed by atoms with van der Waals surface area (Å²) in [5.74, 6) is -0.424. The average Bonchev–Trinajstić information content (AvgIpc) is 3.11. The lowest BCUT2D eigenvalue weighted by Gasteiger charge is -2.09. The van der Waals surface area contributed by atoms with E-state index in [0.29, 0.717) is 18.0 Å². The molecule has 2 N–H and O–H groups in total. The molecule has 0 bridgehead atoms. The number of aromatic carboxylic acids is 1. The van der Waals surface area contributed by atoms with Gasteiger partial charge in [-0.05, 0) is 12.1 Å². The first kappa shape index (κ1) is 13.6. The van der Waals surface area contributed by atoms with Crippen LogP contribution in [-0.4, -0.2) is 32.0 Å². The van der Waals surface area contributed by atoms with Crippen LogP contribution < -0.4 is 5.32 Å². The van der Waals surface area contributed by atoms with Gasteiger partial charge in [-0.15, -0.1) is 11.3 Å². The Morgan fingerprint density at radius 2 is 2.38 bits per heavy atom. The van der Waals surface area contributed by atoms with Gasteiger partial charge in [-0.25, -0.2) is 14.8 Å². The molecule has 0 aliphatic rings. The van der Waals surface area contributed by atoms with Crippen molar-refractivity contribution < 1.29 is 9.90 Å². The fourth-order valence-electron chi connectivity index (χ4n) is 2.14. The minimum Gasteiger partial charge on any atom is -0.476 e. The van der Waals surface area contributed by atoms with Gasteiger partial charge in [0.25, 0.3) is 0 Å². The van der Waals surface area contributed by atoms with Gasteiger partial charge in [0.1, 0.15) is 5.65 Å². The number of nitrogens with one attached hydrogen (secondary N) is 1. The van der Waals surface area contributed by atoms with E-state index in [1.807, 2.05) is 18.4 Å². The molecule has 3 rings (SSSR count). The fraction of sp³-hybridized carbons (Fsp3) is 0.214. The molecule has 0 saturated carbocycles. The van der Waals surface area contributed by atoms with E-state index in [1.54, 1.807) is 40.3 Å². The SMILES string of the molecule is CC(CNc1nc2ccccn2c1C(=O)O)c1nccs1. The van der Waals surface area contributed by atoms with Crippen molar-refractivity contribution in [2.75, 3.05) is 11.9 Å². The van der Waals surface area contributed by atoms with Crippen LogP contribution in [0.3, 0.4) is 0 Å². The molecule has 0 amide bonds. The van der Waals surface area contributed by atoms with E-state index >= 15 is 0 Å². The number of aromatic nitrogens is 3. The summed E-state index contributed by atoms with van der Waals surface area (Å²) < 4.78 is 1.57. The number of hydrogen-bond acceptors (Lipinski definition) is 5. The summed E-state index contributed by atoms with van der Waals surface area (Å²) >= 11 is 1.59. The molecule has 0 fully saturated rings. The van der Waals surface area contributed by atoms with E-state index in [2.05, 4.69) is 15.3 Å². The molecule has 21 heavy (non-hydrogen) atoms. The lowest BCUT2D eigenvalue weighted by Crippen LogP contribution is -2.13. The van der Waals surface area contributed by atoms with Crippen LogP contribution in [0.1, 0.15) is 28.3 Å². The number of rotatable bonds is 5. The maximum Gasteiger partial charge on any atom is 0.356 e. The molecule has 3 aromatic rings. The third kappa shape index (κ3) is 2.59. The van der Waals surface area contributed by atoms with Crippen LogP contribution in [0.25, 0.3) is 5.65 Å². The van der Waals surface area contributed by atoms with E-state index < -0.39 is 5.97 Å². The quantitative estimate of drug-likeness (QED) is 0.757. The van der Waals surface area contributed by atoms with Crippen LogP contribution in [0.2, 0.25) is 0 Å². The Bertz CT molecular complexity index is 766. The normalized spacial score (nSPS) is 12.4. The van der Waals surface area contributed by atoms with E-state index in [0.717, 1.165) is 5.01 Å². The van der Waals surface area contributed by atoms with E-state index in [4.69, 9.17) is 0 Å². The van der Waals surface area contributed by atoms with E-state index in [-0.39, 0.29) is 11.6 Å². The van der Waals surface area contributed by atoms with E-state index in [9.17, 15) is 9.90 Å². The van der Waals surface area contributed by atoms with Crippen molar-refractivity contribution in [2.24, 2.45) is 0 Å². The van der Waals surface area contributed by atoms with E-state index in [1.165, 1.54) is 0 Å². The Morgan fingerprint density at radius 1 is 1.52 bits per heavy atom. The van der Waals surface area contributed by atoms with Gasteiger partial charge >= 0.3 is 5.97 Å². The molecular formula is C14H14N4O2S. The summed E-state index contributed by atoms with van der Waals surface area (Å²) in [4.78, 5) is 20.1. The Balaban J connectivity index is 1.86. The number of anilines is 1. The molecule has 108 valence electrons. The lowest BCUT2D eigenvalue weighted by molar-refractivity contribution is 0.0690. The number of carboxylic acids is 1. The Labute approximate surface area is 125 Å². The van der Waals surface area contributed by atoms with Crippen LogP contribution in [0.15, 0.2) is 36.0 Å². The minimum absolute atomic E-state index is 0.150. The summed E-state index contributed by atoms with van der Waals surface area (Å²) in [6.45, 7) is 2.62. The molecule has 6 nitrogen and oxygen atoms in total. The second kappa shape index (κ2) is 5.53. The number of imidazole rings is 1. The first-order chi connectivity index (χ1) is 10.2. The van der Waals surface area contributed by atoms with Gasteiger partial charge in [-0.2, -0.15) is 0 Å². The van der Waals surface area contributed by atoms with Gasteiger partial charge in [-0.3, -0.25) is 4.40 Å². The summed E-state index contributed by atoms with van der Waals surface area (Å²) in [6.07, 6.45) is 3.46. The summed E-state index contributed by atoms with van der Waals surface area (Å²) in [7, 11) is 0. The highest BCUT2D eigenvalue weighted by Crippen LogP contribution is 2.21. The number of carboxylic acid groups (broad SMARTS) is 1. The second-order valence-electron chi connectivity index (χ2n) is 4.70. The van der Waals surface area contributed by atoms with Crippen molar-refractivity contribution in [1.82, 2.24) is 14.4 Å². The molecule has 0 aliphatic carbocycles. The molecule has 1 unspecified atom stereocenters. The molecule has 0 radical (unpaired) electrons. The summed E-state index contributed by atoms with van der Waals surface area (Å²) in [6, 6.07) is 5.39. The monoisotopic (exact) mass is 302 g/mol. The van der Waals surface area contributed by atoms with Crippen molar-refractivity contribution in [3.8, 4) is 0 Å². The van der Waals surface area contributed by atoms with Gasteiger partial charge < -0.3 is 10.4 Å². The van der Waals surface area contributed by atoms with Gasteiger partial charge in [0.05, 0.1) is 5.01 Å². The van der Waals surface area contributed by atoms with Gasteiger partial charge in [0, 0.05) is 30.2 Å². The van der Waals surface area contributed by atoms with Crippen molar-refractivity contribution in [3.63, 3.8) is 0 Å². The van der Waals surface area contributed by atoms with Crippen LogP contribution >= 0.6 is 11.3 Å². The highest BCUT2D eigenvalue weighted by molar-refractivity contribution is 7.09. The third-order valence-corrected chi connectivity index (χ3v) is 4.19. The molecular weight excluding hydrogens is 288 g/mol. The molecule has 0 spiro atoms. The highest BCUT2D eigenvalue weighted by atomic mass is 32.1. The Kier molecular flexibility index (Phi) is 3.57. The predicted molar refractivity (Wildman–Crippen MR) is 81.2 cm³/mol. The molecule has 0 aliphatic heterocycles. The highest BCUT2D eigenvalue weighted by Gasteiger charge is 2.19. The molecule has 1 atom stereocenters. The number of hydrogen-bond donors (Lipinski definition) is 2. The number of carbonyl (C=O) groups is 1. The molecule has 7 heteroatoms. The number of nitrogens with zero attached hydrogens (tertiary/aromatic N) is 3. The van der Waals surface area contributed by atoms with Crippen LogP contribution in [0, 0.1) is 0 Å². The van der Waals surface area contributed by atoms with Crippen molar-refractivity contribution in [1.29, 1.82) is 0 Å². The fourth-order valence-corrected chi connectivity index (χ4v) is 2.84. The maximum absolute atomic E-state index is 11.5. The largest absolute Gasteiger partial charge is 0.476 e. The van der Waals surface area contributed by atoms with Gasteiger partial charge in [0.2, 0.25) is 0 Å². The van der Waals surface area contributed by atoms with Crippen molar-refractivity contribution in [3.05, 3.63) is 46.7 Å². The van der Waals surface area contributed by atoms with Gasteiger partial charge in [0.15, 0.2) is 11.5 Å². The smallest absolute Gasteiger partial charge is 0.356 e. The van der Waals surface area contributed by atoms with Crippen molar-refractivity contribution in [2.45, 2.75) is 12.8 Å². The Hall–Kier alpha value is -2.41. The lowest BCUT2D eigenvalue weighted by atomic mass is 10.2. The van der Waals surface area contributed by atoms with Crippen molar-refractivity contribution >= 4 is 28.8 Å². The Morgan fingerprint density at radius 3 is 3.10 bits per heavy atom. The van der Waals surface area contributed by atoms with Crippen LogP contribution in [0.4, 0.5) is 5.82 Å². The summed E-state index contributed by atoms with van der Waals surface area (Å²) in [5, 5.41) is 15.5. The maximum atomic E-state index is 11.5. The molecule has 3 heterocycles. The zero-order valence-corrected chi connectivity index (χ0v) is 12.2. The second-order valence-corrected chi connectivity index (χ2v) is 5.62. The summed E-state index contributed by atoms with van der Waals surface area (Å²) in [5.41, 5.74) is 0.760. The van der Waals surface area contributed by atoms with Crippen LogP contribution in [-0.2, 0) is 0 Å². The first-order valence-corrected chi connectivity index (χ1v) is 7.38. The average molecular weight is 302 g/mol. The zero-order chi connectivity index (χ0) is 14.8. The number of thiazole rings is 1. The minimum atomic E-state index is -1.00. The van der Waals surface area contributed by atoms with Crippen LogP contribution in [0.5, 0.6) is 0 Å². The topological polar surface area (TPSA) is 79.5 Å². The number of fused-ring (bicyclic) bond motifs is 1. The molecule has 0 aromatic carbocycles. The number of pyridine rings is 1. The van der Waals surface area contributed by atoms with Gasteiger partial charge in [-0.1, -0.05) is 13.0 Å². The first-order valence-electron chi connectivity index (χ1n) is 6.50. The molecule has 0 saturated heterocycles. The molecule has 3 aromatic heterocycles. The zero-order valence-electron chi connectivity index (χ0n) is 11.4.